The number of fused-ring (bicyclic) bond motifs is 9. The van der Waals surface area contributed by atoms with Gasteiger partial charge in [0.2, 0.25) is 0 Å². The van der Waals surface area contributed by atoms with Gasteiger partial charge in [-0.1, -0.05) is 182 Å². The van der Waals surface area contributed by atoms with Crippen molar-refractivity contribution in [2.24, 2.45) is 0 Å². The SMILES string of the molecule is c1ccc(-c2cc(-c3ccc(-c4ccccc4-n4c5ccccc5c5ccccc54)c(-n4c5ccccc5c5cc6c7ccccc7n(-c7ccccc7)c6cc54)c3)nc(-c3ccccc3)n2)cc1. The topological polar surface area (TPSA) is 40.6 Å². The average Bonchev–Trinajstić information content (AvgIpc) is 4.06. The Labute approximate surface area is 398 Å². The van der Waals surface area contributed by atoms with Crippen molar-refractivity contribution in [2.45, 2.75) is 0 Å². The van der Waals surface area contributed by atoms with Crippen molar-refractivity contribution < 1.29 is 0 Å². The molecule has 0 radical (unpaired) electrons. The lowest BCUT2D eigenvalue weighted by Gasteiger charge is -2.20. The molecular weight excluding hydrogens is 839 g/mol. The van der Waals surface area contributed by atoms with Gasteiger partial charge in [0.1, 0.15) is 0 Å². The van der Waals surface area contributed by atoms with Gasteiger partial charge < -0.3 is 13.7 Å². The molecule has 0 bridgehead atoms. The maximum atomic E-state index is 5.36. The fraction of sp³-hybridized carbons (Fsp3) is 0. The van der Waals surface area contributed by atoms with Crippen LogP contribution in [0.15, 0.2) is 249 Å². The van der Waals surface area contributed by atoms with Crippen LogP contribution in [0.2, 0.25) is 0 Å². The summed E-state index contributed by atoms with van der Waals surface area (Å²) in [5.41, 5.74) is 17.1. The van der Waals surface area contributed by atoms with Crippen molar-refractivity contribution in [2.75, 3.05) is 0 Å². The molecule has 0 fully saturated rings. The van der Waals surface area contributed by atoms with Gasteiger partial charge in [-0.3, -0.25) is 0 Å². The predicted molar refractivity (Wildman–Crippen MR) is 287 cm³/mol. The first kappa shape index (κ1) is 38.9. The van der Waals surface area contributed by atoms with Crippen molar-refractivity contribution in [3.63, 3.8) is 0 Å². The minimum atomic E-state index is 0.683. The molecular formula is C64H41N5. The number of aromatic nitrogens is 5. The summed E-state index contributed by atoms with van der Waals surface area (Å²) in [4.78, 5) is 10.5. The van der Waals surface area contributed by atoms with Crippen LogP contribution in [-0.2, 0) is 0 Å². The van der Waals surface area contributed by atoms with Gasteiger partial charge in [0.15, 0.2) is 5.82 Å². The van der Waals surface area contributed by atoms with E-state index in [0.717, 1.165) is 72.8 Å². The summed E-state index contributed by atoms with van der Waals surface area (Å²) < 4.78 is 7.35. The molecule has 0 unspecified atom stereocenters. The second-order valence-electron chi connectivity index (χ2n) is 17.7. The Balaban J connectivity index is 1.10. The van der Waals surface area contributed by atoms with Gasteiger partial charge in [-0.2, -0.15) is 0 Å². The molecule has 0 amide bonds. The van der Waals surface area contributed by atoms with E-state index in [-0.39, 0.29) is 0 Å². The van der Waals surface area contributed by atoms with Gasteiger partial charge in [-0.15, -0.1) is 0 Å². The molecule has 0 aliphatic heterocycles. The molecule has 10 aromatic carbocycles. The molecule has 5 heteroatoms. The largest absolute Gasteiger partial charge is 0.309 e. The molecule has 4 aromatic heterocycles. The summed E-state index contributed by atoms with van der Waals surface area (Å²) in [6, 6.07) is 89.4. The first-order valence-corrected chi connectivity index (χ1v) is 23.5. The fourth-order valence-corrected chi connectivity index (χ4v) is 10.8. The second kappa shape index (κ2) is 15.7. The molecule has 0 spiro atoms. The van der Waals surface area contributed by atoms with Gasteiger partial charge in [-0.05, 0) is 66.7 Å². The molecule has 69 heavy (non-hydrogen) atoms. The molecule has 0 saturated carbocycles. The van der Waals surface area contributed by atoms with Crippen LogP contribution in [0.25, 0.3) is 128 Å². The van der Waals surface area contributed by atoms with Crippen molar-refractivity contribution in [3.8, 4) is 62.1 Å². The number of nitrogens with zero attached hydrogens (tertiary/aromatic N) is 5. The van der Waals surface area contributed by atoms with Gasteiger partial charge in [0.05, 0.1) is 55.9 Å². The third-order valence-electron chi connectivity index (χ3n) is 13.9. The van der Waals surface area contributed by atoms with E-state index < -0.39 is 0 Å². The van der Waals surface area contributed by atoms with Crippen molar-refractivity contribution in [1.82, 2.24) is 23.7 Å². The van der Waals surface area contributed by atoms with E-state index >= 15 is 0 Å². The first-order chi connectivity index (χ1) is 34.2. The van der Waals surface area contributed by atoms with Crippen LogP contribution >= 0.6 is 0 Å². The zero-order valence-corrected chi connectivity index (χ0v) is 37.4. The summed E-state index contributed by atoms with van der Waals surface area (Å²) >= 11 is 0. The highest BCUT2D eigenvalue weighted by atomic mass is 15.0. The lowest BCUT2D eigenvalue weighted by atomic mass is 9.97. The number of hydrogen-bond donors (Lipinski definition) is 0. The Morgan fingerprint density at radius 3 is 1.29 bits per heavy atom. The van der Waals surface area contributed by atoms with E-state index in [0.29, 0.717) is 5.82 Å². The third-order valence-corrected chi connectivity index (χ3v) is 13.9. The first-order valence-electron chi connectivity index (χ1n) is 23.5. The van der Waals surface area contributed by atoms with Crippen LogP contribution in [0.1, 0.15) is 0 Å². The zero-order valence-electron chi connectivity index (χ0n) is 37.4. The lowest BCUT2D eigenvalue weighted by molar-refractivity contribution is 1.15. The Bertz CT molecular complexity index is 4180. The van der Waals surface area contributed by atoms with Crippen LogP contribution in [0.4, 0.5) is 0 Å². The highest BCUT2D eigenvalue weighted by molar-refractivity contribution is 6.19. The lowest BCUT2D eigenvalue weighted by Crippen LogP contribution is -2.03. The van der Waals surface area contributed by atoms with Gasteiger partial charge in [0, 0.05) is 65.8 Å². The Morgan fingerprint density at radius 1 is 0.246 bits per heavy atom. The molecule has 0 N–H and O–H groups in total. The summed E-state index contributed by atoms with van der Waals surface area (Å²) in [7, 11) is 0. The monoisotopic (exact) mass is 879 g/mol. The van der Waals surface area contributed by atoms with E-state index in [2.05, 4.69) is 238 Å². The van der Waals surface area contributed by atoms with Crippen molar-refractivity contribution in [1.29, 1.82) is 0 Å². The summed E-state index contributed by atoms with van der Waals surface area (Å²) in [6.07, 6.45) is 0. The van der Waals surface area contributed by atoms with Crippen molar-refractivity contribution >= 4 is 65.4 Å². The van der Waals surface area contributed by atoms with E-state index in [1.54, 1.807) is 0 Å². The molecule has 0 saturated heterocycles. The Kier molecular flexibility index (Phi) is 8.83. The number of hydrogen-bond acceptors (Lipinski definition) is 2. The van der Waals surface area contributed by atoms with Crippen LogP contribution in [0, 0.1) is 0 Å². The molecule has 0 atom stereocenters. The van der Waals surface area contributed by atoms with E-state index in [1.165, 1.54) is 48.9 Å². The van der Waals surface area contributed by atoms with Crippen molar-refractivity contribution in [3.05, 3.63) is 249 Å². The molecule has 4 heterocycles. The average molecular weight is 880 g/mol. The normalized spacial score (nSPS) is 11.8. The summed E-state index contributed by atoms with van der Waals surface area (Å²) in [5, 5.41) is 7.29. The minimum absolute atomic E-state index is 0.683. The molecule has 14 rings (SSSR count). The second-order valence-corrected chi connectivity index (χ2v) is 17.7. The maximum Gasteiger partial charge on any atom is 0.160 e. The highest BCUT2D eigenvalue weighted by Crippen LogP contribution is 2.44. The Hall–Kier alpha value is -9.32. The molecule has 322 valence electrons. The quantitative estimate of drug-likeness (QED) is 0.160. The number of rotatable bonds is 7. The molecule has 14 aromatic rings. The minimum Gasteiger partial charge on any atom is -0.309 e. The molecule has 0 aliphatic rings. The predicted octanol–water partition coefficient (Wildman–Crippen LogP) is 16.4. The van der Waals surface area contributed by atoms with Gasteiger partial charge in [0.25, 0.3) is 0 Å². The van der Waals surface area contributed by atoms with Crippen LogP contribution in [0.5, 0.6) is 0 Å². The summed E-state index contributed by atoms with van der Waals surface area (Å²) in [6.45, 7) is 0. The van der Waals surface area contributed by atoms with Crippen LogP contribution in [0.3, 0.4) is 0 Å². The smallest absolute Gasteiger partial charge is 0.160 e. The van der Waals surface area contributed by atoms with E-state index in [4.69, 9.17) is 9.97 Å². The third kappa shape index (κ3) is 6.18. The maximum absolute atomic E-state index is 5.36. The van der Waals surface area contributed by atoms with Crippen LogP contribution < -0.4 is 0 Å². The number of benzene rings is 10. The van der Waals surface area contributed by atoms with E-state index in [9.17, 15) is 0 Å². The van der Waals surface area contributed by atoms with Gasteiger partial charge >= 0.3 is 0 Å². The standard InChI is InChI=1S/C64H41N5/c1-4-20-42(21-5-1)54-40-55(66-64(65-54)43-22-6-2-7-23-43)44-36-37-51(48-28-12-18-34-59(48)68-57-32-16-10-26-46(57)47-27-11-17-33-58(47)68)61(38-44)69-60-35-19-14-30-50(60)53-39-52-49-29-13-15-31-56(49)67(62(52)41-63(53)69)45-24-8-3-9-25-45/h1-41H. The summed E-state index contributed by atoms with van der Waals surface area (Å²) in [5.74, 6) is 0.683. The van der Waals surface area contributed by atoms with Crippen LogP contribution in [-0.4, -0.2) is 23.7 Å². The Morgan fingerprint density at radius 2 is 0.681 bits per heavy atom. The van der Waals surface area contributed by atoms with Gasteiger partial charge in [-0.25, -0.2) is 9.97 Å². The number of para-hydroxylation sites is 6. The van der Waals surface area contributed by atoms with E-state index in [1.807, 2.05) is 24.3 Å². The zero-order chi connectivity index (χ0) is 45.4. The molecule has 5 nitrogen and oxygen atoms in total. The molecule has 0 aliphatic carbocycles. The highest BCUT2D eigenvalue weighted by Gasteiger charge is 2.23. The fourth-order valence-electron chi connectivity index (χ4n) is 10.8.